The Balaban J connectivity index is 1.81. The number of aromatic nitrogens is 2. The Hall–Kier alpha value is -1.55. The highest BCUT2D eigenvalue weighted by Crippen LogP contribution is 2.21. The third-order valence-corrected chi connectivity index (χ3v) is 4.01. The van der Waals surface area contributed by atoms with E-state index in [-0.39, 0.29) is 0 Å². The number of hydrogen-bond acceptors (Lipinski definition) is 3. The lowest BCUT2D eigenvalue weighted by Crippen LogP contribution is -2.33. The van der Waals surface area contributed by atoms with Crippen LogP contribution in [0.5, 0.6) is 5.75 Å². The molecule has 0 saturated carbocycles. The van der Waals surface area contributed by atoms with Crippen LogP contribution in [0.3, 0.4) is 0 Å². The SMILES string of the molecule is COc1ccn2c(CC3CCCN(C)C3)ncc2c1. The van der Waals surface area contributed by atoms with E-state index in [1.165, 1.54) is 25.9 Å². The molecule has 0 radical (unpaired) electrons. The zero-order valence-electron chi connectivity index (χ0n) is 11.7. The summed E-state index contributed by atoms with van der Waals surface area (Å²) >= 11 is 0. The van der Waals surface area contributed by atoms with E-state index in [0.29, 0.717) is 0 Å². The summed E-state index contributed by atoms with van der Waals surface area (Å²) in [5.41, 5.74) is 1.11. The molecule has 19 heavy (non-hydrogen) atoms. The molecule has 0 amide bonds. The molecule has 1 fully saturated rings. The van der Waals surface area contributed by atoms with E-state index in [2.05, 4.69) is 27.5 Å². The van der Waals surface area contributed by atoms with Crippen LogP contribution in [0, 0.1) is 5.92 Å². The lowest BCUT2D eigenvalue weighted by atomic mass is 9.95. The first-order chi connectivity index (χ1) is 9.26. The van der Waals surface area contributed by atoms with Gasteiger partial charge in [0, 0.05) is 25.2 Å². The highest BCUT2D eigenvalue weighted by atomic mass is 16.5. The second kappa shape index (κ2) is 5.21. The first-order valence-electron chi connectivity index (χ1n) is 6.95. The van der Waals surface area contributed by atoms with Gasteiger partial charge in [-0.3, -0.25) is 0 Å². The van der Waals surface area contributed by atoms with Gasteiger partial charge in [0.05, 0.1) is 18.8 Å². The number of likely N-dealkylation sites (tertiary alicyclic amines) is 1. The van der Waals surface area contributed by atoms with Crippen molar-refractivity contribution in [2.24, 2.45) is 5.92 Å². The minimum atomic E-state index is 0.728. The zero-order chi connectivity index (χ0) is 13.2. The van der Waals surface area contributed by atoms with Crippen LogP contribution < -0.4 is 4.74 Å². The van der Waals surface area contributed by atoms with Crippen LogP contribution in [-0.4, -0.2) is 41.5 Å². The van der Waals surface area contributed by atoms with Crippen molar-refractivity contribution in [1.29, 1.82) is 0 Å². The first-order valence-corrected chi connectivity index (χ1v) is 6.95. The molecule has 2 aromatic rings. The van der Waals surface area contributed by atoms with Gasteiger partial charge >= 0.3 is 0 Å². The number of rotatable bonds is 3. The van der Waals surface area contributed by atoms with Gasteiger partial charge in [0.15, 0.2) is 0 Å². The average Bonchev–Trinajstić information content (AvgIpc) is 2.81. The molecule has 1 aliphatic heterocycles. The van der Waals surface area contributed by atoms with Crippen molar-refractivity contribution in [2.75, 3.05) is 27.2 Å². The molecule has 1 atom stereocenters. The molecule has 2 aromatic heterocycles. The number of piperidine rings is 1. The van der Waals surface area contributed by atoms with E-state index in [4.69, 9.17) is 4.74 Å². The van der Waals surface area contributed by atoms with E-state index in [9.17, 15) is 0 Å². The third-order valence-electron chi connectivity index (χ3n) is 4.01. The van der Waals surface area contributed by atoms with Crippen LogP contribution in [0.1, 0.15) is 18.7 Å². The standard InChI is InChI=1S/C15H21N3O/c1-17-6-3-4-12(11-17)8-15-16-10-13-9-14(19-2)5-7-18(13)15/h5,7,9-10,12H,3-4,6,8,11H2,1-2H3. The summed E-state index contributed by atoms with van der Waals surface area (Å²) in [7, 11) is 3.90. The lowest BCUT2D eigenvalue weighted by Gasteiger charge is -2.29. The average molecular weight is 259 g/mol. The molecule has 4 heteroatoms. The summed E-state index contributed by atoms with van der Waals surface area (Å²) in [5.74, 6) is 2.78. The predicted molar refractivity (Wildman–Crippen MR) is 75.7 cm³/mol. The number of hydrogen-bond donors (Lipinski definition) is 0. The maximum atomic E-state index is 5.25. The Bertz CT molecular complexity index is 564. The summed E-state index contributed by atoms with van der Waals surface area (Å²) in [6.45, 7) is 2.42. The summed E-state index contributed by atoms with van der Waals surface area (Å²) in [4.78, 5) is 7.00. The van der Waals surface area contributed by atoms with E-state index >= 15 is 0 Å². The number of methoxy groups -OCH3 is 1. The normalized spacial score (nSPS) is 20.8. The van der Waals surface area contributed by atoms with Crippen LogP contribution in [0.15, 0.2) is 24.5 Å². The Labute approximate surface area is 114 Å². The summed E-state index contributed by atoms with van der Waals surface area (Å²) in [5, 5.41) is 0. The second-order valence-corrected chi connectivity index (χ2v) is 5.51. The lowest BCUT2D eigenvalue weighted by molar-refractivity contribution is 0.207. The van der Waals surface area contributed by atoms with Gasteiger partial charge in [-0.15, -0.1) is 0 Å². The Morgan fingerprint density at radius 3 is 3.16 bits per heavy atom. The third kappa shape index (κ3) is 2.59. The maximum absolute atomic E-state index is 5.25. The van der Waals surface area contributed by atoms with Crippen molar-refractivity contribution in [3.05, 3.63) is 30.4 Å². The number of imidazole rings is 1. The molecule has 0 aliphatic carbocycles. The Kier molecular flexibility index (Phi) is 3.42. The van der Waals surface area contributed by atoms with Crippen molar-refractivity contribution in [2.45, 2.75) is 19.3 Å². The second-order valence-electron chi connectivity index (χ2n) is 5.51. The van der Waals surface area contributed by atoms with Crippen molar-refractivity contribution in [3.8, 4) is 5.75 Å². The monoisotopic (exact) mass is 259 g/mol. The molecule has 1 unspecified atom stereocenters. The number of nitrogens with zero attached hydrogens (tertiary/aromatic N) is 3. The first kappa shape index (κ1) is 12.5. The topological polar surface area (TPSA) is 29.8 Å². The van der Waals surface area contributed by atoms with Gasteiger partial charge in [-0.05, 0) is 38.4 Å². The minimum Gasteiger partial charge on any atom is -0.497 e. The fraction of sp³-hybridized carbons (Fsp3) is 0.533. The van der Waals surface area contributed by atoms with Gasteiger partial charge in [0.1, 0.15) is 11.6 Å². The Morgan fingerprint density at radius 1 is 1.47 bits per heavy atom. The van der Waals surface area contributed by atoms with Crippen LogP contribution in [-0.2, 0) is 6.42 Å². The zero-order valence-corrected chi connectivity index (χ0v) is 11.7. The van der Waals surface area contributed by atoms with Gasteiger partial charge in [-0.25, -0.2) is 4.98 Å². The molecular formula is C15H21N3O. The fourth-order valence-corrected chi connectivity index (χ4v) is 3.01. The molecule has 0 spiro atoms. The van der Waals surface area contributed by atoms with Gasteiger partial charge in [-0.2, -0.15) is 0 Å². The van der Waals surface area contributed by atoms with Crippen molar-refractivity contribution in [1.82, 2.24) is 14.3 Å². The highest BCUT2D eigenvalue weighted by Gasteiger charge is 2.19. The predicted octanol–water partition coefficient (Wildman–Crippen LogP) is 2.23. The van der Waals surface area contributed by atoms with E-state index < -0.39 is 0 Å². The molecule has 1 saturated heterocycles. The van der Waals surface area contributed by atoms with Gasteiger partial charge < -0.3 is 14.0 Å². The quantitative estimate of drug-likeness (QED) is 0.846. The molecule has 0 aromatic carbocycles. The van der Waals surface area contributed by atoms with Crippen molar-refractivity contribution in [3.63, 3.8) is 0 Å². The molecule has 3 heterocycles. The molecule has 4 nitrogen and oxygen atoms in total. The smallest absolute Gasteiger partial charge is 0.122 e. The van der Waals surface area contributed by atoms with E-state index in [0.717, 1.165) is 29.4 Å². The van der Waals surface area contributed by atoms with Crippen molar-refractivity contribution < 1.29 is 4.74 Å². The summed E-state index contributed by atoms with van der Waals surface area (Å²) < 4.78 is 7.43. The molecule has 102 valence electrons. The fourth-order valence-electron chi connectivity index (χ4n) is 3.01. The maximum Gasteiger partial charge on any atom is 0.122 e. The number of fused-ring (bicyclic) bond motifs is 1. The van der Waals surface area contributed by atoms with Gasteiger partial charge in [0.25, 0.3) is 0 Å². The summed E-state index contributed by atoms with van der Waals surface area (Å²) in [6.07, 6.45) is 7.67. The highest BCUT2D eigenvalue weighted by molar-refractivity contribution is 5.50. The summed E-state index contributed by atoms with van der Waals surface area (Å²) in [6, 6.07) is 4.02. The number of pyridine rings is 1. The van der Waals surface area contributed by atoms with Gasteiger partial charge in [0.2, 0.25) is 0 Å². The molecule has 0 N–H and O–H groups in total. The Morgan fingerprint density at radius 2 is 2.37 bits per heavy atom. The minimum absolute atomic E-state index is 0.728. The van der Waals surface area contributed by atoms with Crippen molar-refractivity contribution >= 4 is 5.52 Å². The van der Waals surface area contributed by atoms with Crippen LogP contribution in [0.2, 0.25) is 0 Å². The molecule has 0 bridgehead atoms. The molecule has 1 aliphatic rings. The van der Waals surface area contributed by atoms with E-state index in [1.54, 1.807) is 7.11 Å². The number of ether oxygens (including phenoxy) is 1. The molecular weight excluding hydrogens is 238 g/mol. The van der Waals surface area contributed by atoms with Crippen LogP contribution in [0.25, 0.3) is 5.52 Å². The van der Waals surface area contributed by atoms with E-state index in [1.807, 2.05) is 18.3 Å². The van der Waals surface area contributed by atoms with Crippen LogP contribution in [0.4, 0.5) is 0 Å². The largest absolute Gasteiger partial charge is 0.497 e. The van der Waals surface area contributed by atoms with Crippen LogP contribution >= 0.6 is 0 Å². The van der Waals surface area contributed by atoms with Gasteiger partial charge in [-0.1, -0.05) is 0 Å². The molecule has 3 rings (SSSR count).